The molecule has 1 atom stereocenters. The molecule has 0 aromatic heterocycles. The van der Waals surface area contributed by atoms with E-state index in [2.05, 4.69) is 16.0 Å². The van der Waals surface area contributed by atoms with Crippen LogP contribution in [-0.4, -0.2) is 31.9 Å². The molecule has 0 saturated heterocycles. The first kappa shape index (κ1) is 33.8. The molecule has 1 unspecified atom stereocenters. The highest BCUT2D eigenvalue weighted by atomic mass is 35.5. The monoisotopic (exact) mass is 677 g/mol. The lowest BCUT2D eigenvalue weighted by atomic mass is 10.1. The van der Waals surface area contributed by atoms with Crippen LogP contribution < -0.4 is 25.4 Å². The van der Waals surface area contributed by atoms with Gasteiger partial charge >= 0.3 is 0 Å². The van der Waals surface area contributed by atoms with Crippen LogP contribution in [-0.2, 0) is 9.59 Å². The van der Waals surface area contributed by atoms with Crippen molar-refractivity contribution in [1.82, 2.24) is 5.32 Å². The van der Waals surface area contributed by atoms with Crippen LogP contribution in [0.5, 0.6) is 11.5 Å². The van der Waals surface area contributed by atoms with E-state index >= 15 is 0 Å². The van der Waals surface area contributed by atoms with Crippen molar-refractivity contribution in [2.75, 3.05) is 24.9 Å². The van der Waals surface area contributed by atoms with Gasteiger partial charge in [0.05, 0.1) is 19.9 Å². The molecule has 0 radical (unpaired) electrons. The molecular formula is C38H32ClN3O5S. The Hall–Kier alpha value is -5.51. The third kappa shape index (κ3) is 9.06. The standard InChI is InChI=1S/C38H32ClN3O5S/c1-46-30-19-22-34(47-2)32(24-30)41-38(45)35(26-9-5-3-6-10-26)48-31-20-17-29(18-21-31)40-37(44)33(23-25-13-15-28(39)16-14-25)42-36(43)27-11-7-4-8-12-27/h3-24,35H,1-2H3,(H,40,44)(H,41,45)(H,42,43)/b33-23-. The Bertz CT molecular complexity index is 1900. The van der Waals surface area contributed by atoms with Gasteiger partial charge in [-0.05, 0) is 77.9 Å². The first-order chi connectivity index (χ1) is 23.3. The number of benzene rings is 5. The van der Waals surface area contributed by atoms with E-state index in [1.165, 1.54) is 18.9 Å². The van der Waals surface area contributed by atoms with Crippen molar-refractivity contribution >= 4 is 58.5 Å². The highest BCUT2D eigenvalue weighted by molar-refractivity contribution is 8.00. The van der Waals surface area contributed by atoms with Crippen LogP contribution in [0.1, 0.15) is 26.7 Å². The third-order valence-electron chi connectivity index (χ3n) is 7.08. The molecule has 48 heavy (non-hydrogen) atoms. The number of hydrogen-bond donors (Lipinski definition) is 3. The minimum absolute atomic E-state index is 0.0541. The van der Waals surface area contributed by atoms with Crippen molar-refractivity contribution in [2.45, 2.75) is 10.1 Å². The Morgan fingerprint density at radius 2 is 1.42 bits per heavy atom. The van der Waals surface area contributed by atoms with Crippen molar-refractivity contribution < 1.29 is 23.9 Å². The number of amides is 3. The zero-order valence-electron chi connectivity index (χ0n) is 26.1. The van der Waals surface area contributed by atoms with Crippen molar-refractivity contribution in [3.63, 3.8) is 0 Å². The maximum absolute atomic E-state index is 13.7. The molecule has 0 spiro atoms. The number of methoxy groups -OCH3 is 2. The molecule has 0 aliphatic carbocycles. The lowest BCUT2D eigenvalue weighted by Gasteiger charge is -2.19. The number of hydrogen-bond acceptors (Lipinski definition) is 6. The van der Waals surface area contributed by atoms with Crippen molar-refractivity contribution in [1.29, 1.82) is 0 Å². The van der Waals surface area contributed by atoms with E-state index in [9.17, 15) is 14.4 Å². The zero-order valence-corrected chi connectivity index (χ0v) is 27.7. The molecule has 0 aliphatic rings. The van der Waals surface area contributed by atoms with E-state index < -0.39 is 17.1 Å². The fourth-order valence-electron chi connectivity index (χ4n) is 4.63. The van der Waals surface area contributed by atoms with Crippen molar-refractivity contribution in [3.8, 4) is 11.5 Å². The first-order valence-corrected chi connectivity index (χ1v) is 16.1. The summed E-state index contributed by atoms with van der Waals surface area (Å²) in [6, 6.07) is 37.3. The molecule has 5 rings (SSSR count). The molecule has 3 amide bonds. The molecule has 5 aromatic rings. The second-order valence-electron chi connectivity index (χ2n) is 10.4. The van der Waals surface area contributed by atoms with Crippen LogP contribution in [0.15, 0.2) is 138 Å². The van der Waals surface area contributed by atoms with Gasteiger partial charge in [-0.1, -0.05) is 72.3 Å². The molecule has 0 bridgehead atoms. The van der Waals surface area contributed by atoms with E-state index in [0.29, 0.717) is 39.0 Å². The summed E-state index contributed by atoms with van der Waals surface area (Å²) in [5, 5.41) is 8.52. The summed E-state index contributed by atoms with van der Waals surface area (Å²) in [4.78, 5) is 40.9. The Labute approximate surface area is 288 Å². The Morgan fingerprint density at radius 1 is 0.750 bits per heavy atom. The minimum Gasteiger partial charge on any atom is -0.497 e. The third-order valence-corrected chi connectivity index (χ3v) is 8.60. The SMILES string of the molecule is COc1ccc(OC)c(NC(=O)C(Sc2ccc(NC(=O)/C(=C/c3ccc(Cl)cc3)NC(=O)c3ccccc3)cc2)c2ccccc2)c1. The van der Waals surface area contributed by atoms with Crippen LogP contribution in [0.4, 0.5) is 11.4 Å². The Morgan fingerprint density at radius 3 is 2.06 bits per heavy atom. The van der Waals surface area contributed by atoms with Gasteiger partial charge in [0.25, 0.3) is 11.8 Å². The first-order valence-electron chi connectivity index (χ1n) is 14.8. The highest BCUT2D eigenvalue weighted by Gasteiger charge is 2.24. The van der Waals surface area contributed by atoms with Gasteiger partial charge in [0.2, 0.25) is 5.91 Å². The second-order valence-corrected chi connectivity index (χ2v) is 12.0. The molecular weight excluding hydrogens is 646 g/mol. The van der Waals surface area contributed by atoms with Gasteiger partial charge in [-0.2, -0.15) is 0 Å². The molecule has 0 heterocycles. The summed E-state index contributed by atoms with van der Waals surface area (Å²) in [6.07, 6.45) is 1.58. The average Bonchev–Trinajstić information content (AvgIpc) is 3.12. The predicted octanol–water partition coefficient (Wildman–Crippen LogP) is 8.24. The molecule has 3 N–H and O–H groups in total. The molecule has 10 heteroatoms. The molecule has 0 aliphatic heterocycles. The van der Waals surface area contributed by atoms with E-state index in [1.54, 1.807) is 92.0 Å². The maximum atomic E-state index is 13.7. The van der Waals surface area contributed by atoms with Gasteiger partial charge in [0.15, 0.2) is 0 Å². The van der Waals surface area contributed by atoms with Crippen molar-refractivity contribution in [3.05, 3.63) is 155 Å². The number of carbonyl (C=O) groups excluding carboxylic acids is 3. The number of rotatable bonds is 12. The Balaban J connectivity index is 1.34. The molecule has 8 nitrogen and oxygen atoms in total. The van der Waals surface area contributed by atoms with Crippen LogP contribution in [0.25, 0.3) is 6.08 Å². The average molecular weight is 678 g/mol. The topological polar surface area (TPSA) is 106 Å². The fourth-order valence-corrected chi connectivity index (χ4v) is 5.78. The number of halogens is 1. The number of nitrogens with one attached hydrogen (secondary N) is 3. The summed E-state index contributed by atoms with van der Waals surface area (Å²) in [6.45, 7) is 0. The zero-order chi connectivity index (χ0) is 33.9. The number of carbonyl (C=O) groups is 3. The van der Waals surface area contributed by atoms with Crippen LogP contribution in [0, 0.1) is 0 Å². The van der Waals surface area contributed by atoms with E-state index in [0.717, 1.165) is 10.5 Å². The second kappa shape index (κ2) is 16.4. The normalized spacial score (nSPS) is 11.6. The number of thioether (sulfide) groups is 1. The van der Waals surface area contributed by atoms with Crippen LogP contribution in [0.3, 0.4) is 0 Å². The van der Waals surface area contributed by atoms with E-state index in [4.69, 9.17) is 21.1 Å². The van der Waals surface area contributed by atoms with Crippen LogP contribution in [0.2, 0.25) is 5.02 Å². The quantitative estimate of drug-likeness (QED) is 0.0908. The van der Waals surface area contributed by atoms with Gasteiger partial charge in [0, 0.05) is 27.2 Å². The molecule has 5 aromatic carbocycles. The molecule has 242 valence electrons. The van der Waals surface area contributed by atoms with Gasteiger partial charge in [0.1, 0.15) is 22.4 Å². The lowest BCUT2D eigenvalue weighted by Crippen LogP contribution is -2.30. The van der Waals surface area contributed by atoms with Crippen LogP contribution >= 0.6 is 23.4 Å². The summed E-state index contributed by atoms with van der Waals surface area (Å²) in [5.41, 5.74) is 2.95. The van der Waals surface area contributed by atoms with Gasteiger partial charge < -0.3 is 25.4 Å². The smallest absolute Gasteiger partial charge is 0.272 e. The summed E-state index contributed by atoms with van der Waals surface area (Å²) in [7, 11) is 3.09. The van der Waals surface area contributed by atoms with Gasteiger partial charge in [-0.15, -0.1) is 11.8 Å². The summed E-state index contributed by atoms with van der Waals surface area (Å²) < 4.78 is 10.8. The highest BCUT2D eigenvalue weighted by Crippen LogP contribution is 2.38. The fraction of sp³-hybridized carbons (Fsp3) is 0.0789. The summed E-state index contributed by atoms with van der Waals surface area (Å²) in [5.74, 6) is -0.0943. The van der Waals surface area contributed by atoms with Gasteiger partial charge in [-0.25, -0.2) is 0 Å². The lowest BCUT2D eigenvalue weighted by molar-refractivity contribution is -0.116. The summed E-state index contributed by atoms with van der Waals surface area (Å²) >= 11 is 7.39. The minimum atomic E-state index is -0.607. The maximum Gasteiger partial charge on any atom is 0.272 e. The van der Waals surface area contributed by atoms with Gasteiger partial charge in [-0.3, -0.25) is 14.4 Å². The molecule has 0 fully saturated rings. The predicted molar refractivity (Wildman–Crippen MR) is 192 cm³/mol. The van der Waals surface area contributed by atoms with E-state index in [1.807, 2.05) is 48.5 Å². The Kier molecular flexibility index (Phi) is 11.5. The molecule has 0 saturated carbocycles. The number of ether oxygens (including phenoxy) is 2. The van der Waals surface area contributed by atoms with E-state index in [-0.39, 0.29) is 11.6 Å². The van der Waals surface area contributed by atoms with Crippen molar-refractivity contribution in [2.24, 2.45) is 0 Å². The largest absolute Gasteiger partial charge is 0.497 e. The number of anilines is 2.